The van der Waals surface area contributed by atoms with E-state index in [4.69, 9.17) is 11.1 Å². The van der Waals surface area contributed by atoms with Crippen molar-refractivity contribution in [3.8, 4) is 0 Å². The second-order valence-electron chi connectivity index (χ2n) is 9.06. The summed E-state index contributed by atoms with van der Waals surface area (Å²) in [6.07, 6.45) is -2.00. The van der Waals surface area contributed by atoms with Crippen molar-refractivity contribution in [1.82, 2.24) is 15.3 Å². The van der Waals surface area contributed by atoms with Gasteiger partial charge in [0.25, 0.3) is 0 Å². The van der Waals surface area contributed by atoms with E-state index in [1.54, 1.807) is 18.2 Å². The molecule has 0 spiro atoms. The number of alkyl halides is 3. The van der Waals surface area contributed by atoms with Crippen LogP contribution in [0.25, 0.3) is 0 Å². The summed E-state index contributed by atoms with van der Waals surface area (Å²) in [5.74, 6) is -0.362. The predicted octanol–water partition coefficient (Wildman–Crippen LogP) is 4.00. The Hall–Kier alpha value is -4.26. The van der Waals surface area contributed by atoms with Crippen molar-refractivity contribution in [2.75, 3.05) is 40.9 Å². The molecule has 1 fully saturated rings. The van der Waals surface area contributed by atoms with Gasteiger partial charge in [0.15, 0.2) is 0 Å². The lowest BCUT2D eigenvalue weighted by atomic mass is 9.99. The van der Waals surface area contributed by atoms with Crippen molar-refractivity contribution < 1.29 is 22.4 Å². The molecule has 38 heavy (non-hydrogen) atoms. The number of urea groups is 1. The van der Waals surface area contributed by atoms with E-state index in [9.17, 15) is 22.4 Å². The van der Waals surface area contributed by atoms with E-state index in [1.165, 1.54) is 11.2 Å². The zero-order chi connectivity index (χ0) is 27.0. The van der Waals surface area contributed by atoms with E-state index < -0.39 is 29.3 Å². The van der Waals surface area contributed by atoms with Gasteiger partial charge in [-0.05, 0) is 55.3 Å². The Morgan fingerprint density at radius 3 is 2.74 bits per heavy atom. The Morgan fingerprint density at radius 1 is 1.18 bits per heavy atom. The number of benzene rings is 2. The first-order valence-electron chi connectivity index (χ1n) is 11.9. The van der Waals surface area contributed by atoms with Crippen molar-refractivity contribution in [2.24, 2.45) is 0 Å². The third kappa shape index (κ3) is 4.96. The monoisotopic (exact) mass is 528 g/mol. The molecular weight excluding hydrogens is 504 g/mol. The van der Waals surface area contributed by atoms with Crippen LogP contribution in [0.4, 0.5) is 45.4 Å². The van der Waals surface area contributed by atoms with Gasteiger partial charge in [0, 0.05) is 30.4 Å². The highest BCUT2D eigenvalue weighted by Crippen LogP contribution is 2.34. The smallest absolute Gasteiger partial charge is 0.383 e. The van der Waals surface area contributed by atoms with Gasteiger partial charge in [-0.25, -0.2) is 19.2 Å². The lowest BCUT2D eigenvalue weighted by Gasteiger charge is -2.20. The fraction of sp³-hybridized carbons (Fsp3) is 0.280. The number of rotatable bonds is 5. The summed E-state index contributed by atoms with van der Waals surface area (Å²) in [4.78, 5) is 22.5. The Kier molecular flexibility index (Phi) is 6.61. The Morgan fingerprint density at radius 2 is 2.00 bits per heavy atom. The van der Waals surface area contributed by atoms with Crippen molar-refractivity contribution >= 4 is 34.8 Å². The fourth-order valence-corrected chi connectivity index (χ4v) is 4.62. The molecule has 0 bridgehead atoms. The van der Waals surface area contributed by atoms with E-state index >= 15 is 0 Å². The molecule has 9 nitrogen and oxygen atoms in total. The average Bonchev–Trinajstić information content (AvgIpc) is 3.54. The Labute approximate surface area is 215 Å². The number of carbonyl (C=O) groups is 1. The number of nitrogen functional groups attached to an aromatic ring is 1. The first kappa shape index (κ1) is 25.4. The number of carbonyl (C=O) groups excluding carboxylic acids is 1. The summed E-state index contributed by atoms with van der Waals surface area (Å²) in [6, 6.07) is 6.26. The normalized spacial score (nSPS) is 16.8. The molecule has 5 rings (SSSR count). The first-order valence-corrected chi connectivity index (χ1v) is 11.9. The molecule has 2 aromatic carbocycles. The molecule has 1 aromatic heterocycles. The number of nitrogens with one attached hydrogen (secondary N) is 4. The van der Waals surface area contributed by atoms with Crippen LogP contribution in [0, 0.1) is 11.2 Å². The molecule has 0 radical (unpaired) electrons. The number of hydrogen-bond donors (Lipinski definition) is 5. The van der Waals surface area contributed by atoms with Crippen LogP contribution in [0.2, 0.25) is 0 Å². The van der Waals surface area contributed by atoms with E-state index in [0.717, 1.165) is 25.1 Å². The second-order valence-corrected chi connectivity index (χ2v) is 9.06. The highest BCUT2D eigenvalue weighted by Gasteiger charge is 2.32. The van der Waals surface area contributed by atoms with Crippen molar-refractivity contribution in [3.05, 3.63) is 70.8 Å². The van der Waals surface area contributed by atoms with Gasteiger partial charge in [0.2, 0.25) is 0 Å². The van der Waals surface area contributed by atoms with Gasteiger partial charge in [0.1, 0.15) is 23.8 Å². The molecule has 3 aromatic rings. The highest BCUT2D eigenvalue weighted by atomic mass is 19.4. The first-order chi connectivity index (χ1) is 18.1. The van der Waals surface area contributed by atoms with Gasteiger partial charge in [-0.2, -0.15) is 13.2 Å². The van der Waals surface area contributed by atoms with Gasteiger partial charge in [-0.15, -0.1) is 0 Å². The Bertz CT molecular complexity index is 1400. The standard InChI is InChI=1S/C25H24F4N8O/c26-17-3-2-15(25(27,28)29)10-18(17)36-24(38)37-8-6-13-9-14(1-4-19(13)37)21(30)20-22(31)33-12-34-23(20)35-16-5-7-32-11-16/h1-4,9-10,12,16,30,32H,5-8,11H2,(H,36,38)(H3,31,33,34,35)/t16-/m1/s1. The number of halogens is 4. The van der Waals surface area contributed by atoms with Crippen molar-refractivity contribution in [1.29, 1.82) is 5.41 Å². The molecular formula is C25H24F4N8O. The molecule has 2 amide bonds. The molecule has 198 valence electrons. The summed E-state index contributed by atoms with van der Waals surface area (Å²) in [6.45, 7) is 1.87. The third-order valence-electron chi connectivity index (χ3n) is 6.57. The van der Waals surface area contributed by atoms with Crippen LogP contribution < -0.4 is 26.6 Å². The third-order valence-corrected chi connectivity index (χ3v) is 6.57. The lowest BCUT2D eigenvalue weighted by Crippen LogP contribution is -2.33. The van der Waals surface area contributed by atoms with E-state index in [2.05, 4.69) is 25.9 Å². The fourth-order valence-electron chi connectivity index (χ4n) is 4.62. The van der Waals surface area contributed by atoms with Crippen LogP contribution in [0.1, 0.15) is 28.7 Å². The highest BCUT2D eigenvalue weighted by molar-refractivity contribution is 6.16. The quantitative estimate of drug-likeness (QED) is 0.251. The number of nitrogens with two attached hydrogens (primary N) is 1. The number of anilines is 4. The van der Waals surface area contributed by atoms with Crippen molar-refractivity contribution in [2.45, 2.75) is 25.1 Å². The second kappa shape index (κ2) is 9.89. The van der Waals surface area contributed by atoms with Gasteiger partial charge in [-0.1, -0.05) is 6.07 Å². The van der Waals surface area contributed by atoms with Crippen LogP contribution in [0.15, 0.2) is 42.7 Å². The molecule has 1 saturated heterocycles. The van der Waals surface area contributed by atoms with E-state index in [-0.39, 0.29) is 24.1 Å². The van der Waals surface area contributed by atoms with Crippen LogP contribution >= 0.6 is 0 Å². The van der Waals surface area contributed by atoms with Gasteiger partial charge < -0.3 is 21.7 Å². The minimum Gasteiger partial charge on any atom is -0.383 e. The average molecular weight is 529 g/mol. The SMILES string of the molecule is N=C(c1ccc2c(c1)CCN2C(=O)Nc1cc(C(F)(F)F)ccc1F)c1c(N)ncnc1N[C@@H]1CCNC1. The van der Waals surface area contributed by atoms with Crippen LogP contribution in [0.5, 0.6) is 0 Å². The summed E-state index contributed by atoms with van der Waals surface area (Å²) in [7, 11) is 0. The van der Waals surface area contributed by atoms with Crippen LogP contribution in [0.3, 0.4) is 0 Å². The molecule has 6 N–H and O–H groups in total. The molecule has 2 aliphatic heterocycles. The summed E-state index contributed by atoms with van der Waals surface area (Å²) >= 11 is 0. The molecule has 0 unspecified atom stereocenters. The molecule has 3 heterocycles. The summed E-state index contributed by atoms with van der Waals surface area (Å²) in [5, 5.41) is 17.6. The van der Waals surface area contributed by atoms with Crippen molar-refractivity contribution in [3.63, 3.8) is 0 Å². The van der Waals surface area contributed by atoms with Gasteiger partial charge >= 0.3 is 12.2 Å². The molecule has 0 saturated carbocycles. The molecule has 2 aliphatic rings. The number of aromatic nitrogens is 2. The number of hydrogen-bond acceptors (Lipinski definition) is 7. The van der Waals surface area contributed by atoms with Crippen LogP contribution in [-0.4, -0.2) is 47.4 Å². The zero-order valence-corrected chi connectivity index (χ0v) is 20.0. The lowest BCUT2D eigenvalue weighted by molar-refractivity contribution is -0.137. The van der Waals surface area contributed by atoms with E-state index in [1.807, 2.05) is 0 Å². The minimum atomic E-state index is -4.68. The number of nitrogens with zero attached hydrogens (tertiary/aromatic N) is 3. The predicted molar refractivity (Wildman–Crippen MR) is 135 cm³/mol. The zero-order valence-electron chi connectivity index (χ0n) is 20.0. The largest absolute Gasteiger partial charge is 0.416 e. The van der Waals surface area contributed by atoms with Gasteiger partial charge in [0.05, 0.1) is 22.5 Å². The molecule has 1 atom stereocenters. The maximum Gasteiger partial charge on any atom is 0.416 e. The topological polar surface area (TPSA) is 132 Å². The number of fused-ring (bicyclic) bond motifs is 1. The number of amides is 2. The molecule has 0 aliphatic carbocycles. The van der Waals surface area contributed by atoms with E-state index in [0.29, 0.717) is 47.3 Å². The maximum absolute atomic E-state index is 14.1. The maximum atomic E-state index is 14.1. The summed E-state index contributed by atoms with van der Waals surface area (Å²) < 4.78 is 53.2. The van der Waals surface area contributed by atoms with Crippen LogP contribution in [-0.2, 0) is 12.6 Å². The minimum absolute atomic E-state index is 0.105. The molecule has 13 heteroatoms. The Balaban J connectivity index is 1.36. The summed E-state index contributed by atoms with van der Waals surface area (Å²) in [5.41, 5.74) is 6.76. The van der Waals surface area contributed by atoms with Gasteiger partial charge in [-0.3, -0.25) is 10.3 Å².